The number of nitrogens with one attached hydrogen (secondary N) is 1. The molecule has 1 heterocycles. The van der Waals surface area contributed by atoms with Gasteiger partial charge >= 0.3 is 5.97 Å². The van der Waals surface area contributed by atoms with Crippen molar-refractivity contribution in [2.24, 2.45) is 4.99 Å². The number of carbonyl (C=O) groups is 2. The molecular weight excluding hydrogens is 420 g/mol. The van der Waals surface area contributed by atoms with Crippen molar-refractivity contribution in [1.29, 1.82) is 0 Å². The first-order chi connectivity index (χ1) is 14.6. The van der Waals surface area contributed by atoms with Crippen molar-refractivity contribution < 1.29 is 14.3 Å². The van der Waals surface area contributed by atoms with Crippen LogP contribution >= 0.6 is 23.4 Å². The minimum Gasteiger partial charge on any atom is -0.423 e. The fraction of sp³-hybridized carbons (Fsp3) is 0. The lowest BCUT2D eigenvalue weighted by Crippen LogP contribution is -2.19. The number of nitrogens with zero attached hydrogens (tertiary/aromatic N) is 1. The zero-order chi connectivity index (χ0) is 20.9. The zero-order valence-corrected chi connectivity index (χ0v) is 17.1. The first-order valence-corrected chi connectivity index (χ1v) is 10.2. The molecule has 30 heavy (non-hydrogen) atoms. The molecule has 0 aromatic heterocycles. The molecule has 7 heteroatoms. The topological polar surface area (TPSA) is 67.8 Å². The van der Waals surface area contributed by atoms with E-state index in [4.69, 9.17) is 16.3 Å². The lowest BCUT2D eigenvalue weighted by molar-refractivity contribution is -0.115. The number of carbonyl (C=O) groups excluding carboxylic acids is 2. The Balaban J connectivity index is 1.45. The number of hydrogen-bond donors (Lipinski definition) is 1. The van der Waals surface area contributed by atoms with Crippen LogP contribution in [0.1, 0.15) is 15.9 Å². The van der Waals surface area contributed by atoms with Gasteiger partial charge in [-0.2, -0.15) is 0 Å². The highest BCUT2D eigenvalue weighted by Gasteiger charge is 2.24. The van der Waals surface area contributed by atoms with Crippen LogP contribution in [0.2, 0.25) is 5.02 Å². The van der Waals surface area contributed by atoms with Gasteiger partial charge in [0.2, 0.25) is 0 Å². The van der Waals surface area contributed by atoms with Gasteiger partial charge in [-0.15, -0.1) is 0 Å². The molecule has 148 valence electrons. The molecule has 0 aliphatic carbocycles. The van der Waals surface area contributed by atoms with E-state index in [-0.39, 0.29) is 5.91 Å². The maximum Gasteiger partial charge on any atom is 0.343 e. The van der Waals surface area contributed by atoms with Crippen LogP contribution in [0, 0.1) is 0 Å². The number of ether oxygens (including phenoxy) is 1. The summed E-state index contributed by atoms with van der Waals surface area (Å²) in [4.78, 5) is 29.3. The smallest absolute Gasteiger partial charge is 0.343 e. The van der Waals surface area contributed by atoms with Crippen molar-refractivity contribution in [3.8, 4) is 5.75 Å². The molecule has 0 saturated carbocycles. The van der Waals surface area contributed by atoms with Gasteiger partial charge in [0.25, 0.3) is 5.91 Å². The molecule has 0 atom stereocenters. The molecule has 0 bridgehead atoms. The highest BCUT2D eigenvalue weighted by molar-refractivity contribution is 8.18. The number of hydrogen-bond acceptors (Lipinski definition) is 5. The average Bonchev–Trinajstić information content (AvgIpc) is 3.10. The van der Waals surface area contributed by atoms with Crippen molar-refractivity contribution in [1.82, 2.24) is 5.32 Å². The van der Waals surface area contributed by atoms with Crippen molar-refractivity contribution in [2.45, 2.75) is 0 Å². The van der Waals surface area contributed by atoms with Gasteiger partial charge in [-0.1, -0.05) is 54.1 Å². The van der Waals surface area contributed by atoms with Gasteiger partial charge in [0.05, 0.1) is 21.2 Å². The van der Waals surface area contributed by atoms with Crippen molar-refractivity contribution in [3.63, 3.8) is 0 Å². The number of thioether (sulfide) groups is 1. The molecule has 3 aromatic rings. The van der Waals surface area contributed by atoms with E-state index in [9.17, 15) is 9.59 Å². The number of benzene rings is 3. The summed E-state index contributed by atoms with van der Waals surface area (Å²) >= 11 is 7.35. The van der Waals surface area contributed by atoms with Crippen LogP contribution in [-0.2, 0) is 4.79 Å². The third kappa shape index (κ3) is 4.79. The maximum atomic E-state index is 12.3. The highest BCUT2D eigenvalue weighted by atomic mass is 35.5. The van der Waals surface area contributed by atoms with Crippen LogP contribution in [-0.4, -0.2) is 17.0 Å². The number of amides is 1. The number of para-hydroxylation sites is 1. The fourth-order valence-corrected chi connectivity index (χ4v) is 3.67. The highest BCUT2D eigenvalue weighted by Crippen LogP contribution is 2.31. The molecule has 0 spiro atoms. The van der Waals surface area contributed by atoms with Crippen LogP contribution < -0.4 is 10.1 Å². The maximum absolute atomic E-state index is 12.3. The molecule has 1 N–H and O–H groups in total. The molecule has 1 fully saturated rings. The minimum atomic E-state index is -0.423. The van der Waals surface area contributed by atoms with Gasteiger partial charge < -0.3 is 10.1 Å². The largest absolute Gasteiger partial charge is 0.423 e. The lowest BCUT2D eigenvalue weighted by atomic mass is 10.2. The molecule has 1 saturated heterocycles. The minimum absolute atomic E-state index is 0.231. The van der Waals surface area contributed by atoms with E-state index >= 15 is 0 Å². The van der Waals surface area contributed by atoms with E-state index in [0.717, 1.165) is 5.56 Å². The standard InChI is InChI=1S/C23H15ClN2O3S/c24-18-8-4-5-9-19(18)25-23-26-21(27)20(30-23)14-15-10-12-17(13-11-15)29-22(28)16-6-2-1-3-7-16/h1-14H,(H,25,26,27). The number of rotatable bonds is 4. The SMILES string of the molecule is O=C1NC(=Nc2ccccc2Cl)SC1=Cc1ccc(OC(=O)c2ccccc2)cc1. The monoisotopic (exact) mass is 434 g/mol. The number of halogens is 1. The number of amidine groups is 1. The van der Waals surface area contributed by atoms with Crippen LogP contribution in [0.4, 0.5) is 5.69 Å². The van der Waals surface area contributed by atoms with Gasteiger partial charge in [0.1, 0.15) is 5.75 Å². The van der Waals surface area contributed by atoms with Crippen molar-refractivity contribution in [2.75, 3.05) is 0 Å². The Labute approximate surface area is 182 Å². The fourth-order valence-electron chi connectivity index (χ4n) is 2.66. The van der Waals surface area contributed by atoms with E-state index in [2.05, 4.69) is 10.3 Å². The average molecular weight is 435 g/mol. The molecule has 0 radical (unpaired) electrons. The summed E-state index contributed by atoms with van der Waals surface area (Å²) in [7, 11) is 0. The summed E-state index contributed by atoms with van der Waals surface area (Å²) in [5.74, 6) is -0.228. The van der Waals surface area contributed by atoms with E-state index < -0.39 is 5.97 Å². The Morgan fingerprint density at radius 3 is 2.40 bits per heavy atom. The Hall–Kier alpha value is -3.35. The van der Waals surface area contributed by atoms with Gasteiger partial charge in [-0.3, -0.25) is 4.79 Å². The second-order valence-corrected chi connectivity index (χ2v) is 7.70. The molecule has 3 aromatic carbocycles. The quantitative estimate of drug-likeness (QED) is 0.337. The Kier molecular flexibility index (Phi) is 5.97. The van der Waals surface area contributed by atoms with Gasteiger partial charge in [-0.25, -0.2) is 9.79 Å². The first kappa shape index (κ1) is 19.9. The Bertz CT molecular complexity index is 1160. The zero-order valence-electron chi connectivity index (χ0n) is 15.5. The van der Waals surface area contributed by atoms with E-state index in [0.29, 0.717) is 32.1 Å². The molecule has 5 nitrogen and oxygen atoms in total. The third-order valence-electron chi connectivity index (χ3n) is 4.12. The molecular formula is C23H15ClN2O3S. The molecule has 1 aliphatic rings. The Morgan fingerprint density at radius 2 is 1.67 bits per heavy atom. The summed E-state index contributed by atoms with van der Waals surface area (Å²) in [5, 5.41) is 3.71. The second-order valence-electron chi connectivity index (χ2n) is 6.26. The van der Waals surface area contributed by atoms with E-state index in [1.54, 1.807) is 66.7 Å². The van der Waals surface area contributed by atoms with Crippen LogP contribution in [0.3, 0.4) is 0 Å². The summed E-state index contributed by atoms with van der Waals surface area (Å²) in [6.07, 6.45) is 1.75. The van der Waals surface area contributed by atoms with Crippen LogP contribution in [0.5, 0.6) is 5.75 Å². The summed E-state index contributed by atoms with van der Waals surface area (Å²) in [5.41, 5.74) is 1.87. The van der Waals surface area contributed by atoms with Gasteiger partial charge in [0.15, 0.2) is 5.17 Å². The molecule has 1 amide bonds. The van der Waals surface area contributed by atoms with Crippen molar-refractivity contribution in [3.05, 3.63) is 99.9 Å². The Morgan fingerprint density at radius 1 is 0.967 bits per heavy atom. The second kappa shape index (κ2) is 8.98. The van der Waals surface area contributed by atoms with Gasteiger partial charge in [-0.05, 0) is 59.8 Å². The number of esters is 1. The third-order valence-corrected chi connectivity index (χ3v) is 5.35. The number of aliphatic imine (C=N–C) groups is 1. The van der Waals surface area contributed by atoms with Crippen molar-refractivity contribution >= 4 is 52.2 Å². The molecule has 0 unspecified atom stereocenters. The van der Waals surface area contributed by atoms with E-state index in [1.807, 2.05) is 18.2 Å². The van der Waals surface area contributed by atoms with Crippen LogP contribution in [0.15, 0.2) is 88.8 Å². The van der Waals surface area contributed by atoms with Gasteiger partial charge in [0, 0.05) is 0 Å². The molecule has 4 rings (SSSR count). The molecule has 1 aliphatic heterocycles. The normalized spacial score (nSPS) is 16.0. The van der Waals surface area contributed by atoms with Crippen LogP contribution in [0.25, 0.3) is 6.08 Å². The lowest BCUT2D eigenvalue weighted by Gasteiger charge is -2.04. The first-order valence-electron chi connectivity index (χ1n) is 9.00. The predicted octanol–water partition coefficient (Wildman–Crippen LogP) is 5.45. The summed E-state index contributed by atoms with van der Waals surface area (Å²) < 4.78 is 5.37. The summed E-state index contributed by atoms with van der Waals surface area (Å²) in [6.45, 7) is 0. The van der Waals surface area contributed by atoms with E-state index in [1.165, 1.54) is 11.8 Å². The summed E-state index contributed by atoms with van der Waals surface area (Å²) in [6, 6.07) is 22.9. The predicted molar refractivity (Wildman–Crippen MR) is 120 cm³/mol.